The fourth-order valence-electron chi connectivity index (χ4n) is 4.32. The zero-order valence-corrected chi connectivity index (χ0v) is 19.4. The van der Waals surface area contributed by atoms with Gasteiger partial charge in [0, 0.05) is 34.9 Å². The third-order valence-electron chi connectivity index (χ3n) is 5.76. The minimum absolute atomic E-state index is 0.00428. The summed E-state index contributed by atoms with van der Waals surface area (Å²) in [4.78, 5) is 33.1. The number of carbonyl (C=O) groups excluding carboxylic acids is 1. The molecule has 3 heterocycles. The van der Waals surface area contributed by atoms with E-state index in [0.29, 0.717) is 11.7 Å². The number of nitrogens with zero attached hydrogens (tertiary/aromatic N) is 3. The topological polar surface area (TPSA) is 56.9 Å². The Balaban J connectivity index is 1.65. The molecule has 158 valence electrons. The minimum atomic E-state index is -0.00428. The Morgan fingerprint density at radius 1 is 1.33 bits per heavy atom. The molecule has 5 nitrogen and oxygen atoms in total. The third kappa shape index (κ3) is 3.58. The van der Waals surface area contributed by atoms with Crippen LogP contribution in [0.3, 0.4) is 0 Å². The van der Waals surface area contributed by atoms with Gasteiger partial charge in [-0.2, -0.15) is 0 Å². The smallest absolute Gasteiger partial charge is 0.263 e. The Kier molecular flexibility index (Phi) is 6.02. The van der Waals surface area contributed by atoms with E-state index in [1.54, 1.807) is 22.0 Å². The van der Waals surface area contributed by atoms with Crippen molar-refractivity contribution in [1.82, 2.24) is 14.1 Å². The summed E-state index contributed by atoms with van der Waals surface area (Å²) in [7, 11) is 0. The lowest BCUT2D eigenvalue weighted by molar-refractivity contribution is 0.102. The second-order valence-electron chi connectivity index (χ2n) is 7.78. The van der Waals surface area contributed by atoms with Crippen molar-refractivity contribution in [2.75, 3.05) is 5.75 Å². The molecule has 0 fully saturated rings. The summed E-state index contributed by atoms with van der Waals surface area (Å²) in [6, 6.07) is 1.98. The van der Waals surface area contributed by atoms with Crippen molar-refractivity contribution in [2.45, 2.75) is 64.7 Å². The first-order valence-electron chi connectivity index (χ1n) is 10.4. The number of allylic oxidation sites excluding steroid dienone is 1. The average Bonchev–Trinajstić information content (AvgIpc) is 3.38. The Labute approximate surface area is 184 Å². The highest BCUT2D eigenvalue weighted by atomic mass is 32.2. The van der Waals surface area contributed by atoms with Gasteiger partial charge < -0.3 is 4.57 Å². The molecule has 0 bridgehead atoms. The molecule has 0 amide bonds. The van der Waals surface area contributed by atoms with Gasteiger partial charge in [0.15, 0.2) is 10.9 Å². The van der Waals surface area contributed by atoms with Gasteiger partial charge in [0.1, 0.15) is 4.83 Å². The predicted octanol–water partition coefficient (Wildman–Crippen LogP) is 4.94. The number of thioether (sulfide) groups is 1. The van der Waals surface area contributed by atoms with Crippen LogP contribution in [0.15, 0.2) is 28.7 Å². The average molecular weight is 442 g/mol. The van der Waals surface area contributed by atoms with E-state index in [9.17, 15) is 9.59 Å². The lowest BCUT2D eigenvalue weighted by Crippen LogP contribution is -2.23. The number of thiophene rings is 1. The zero-order valence-electron chi connectivity index (χ0n) is 17.8. The van der Waals surface area contributed by atoms with E-state index in [1.807, 2.05) is 19.9 Å². The highest BCUT2D eigenvalue weighted by molar-refractivity contribution is 7.99. The molecule has 4 rings (SSSR count). The molecule has 0 unspecified atom stereocenters. The highest BCUT2D eigenvalue weighted by Gasteiger charge is 2.24. The van der Waals surface area contributed by atoms with Crippen LogP contribution >= 0.6 is 23.1 Å². The molecular formula is C23H27N3O2S2. The van der Waals surface area contributed by atoms with Crippen LogP contribution in [-0.2, 0) is 25.9 Å². The molecule has 1 aliphatic rings. The van der Waals surface area contributed by atoms with Crippen molar-refractivity contribution in [3.8, 4) is 0 Å². The zero-order chi connectivity index (χ0) is 21.4. The number of carbonyl (C=O) groups is 1. The molecule has 7 heteroatoms. The summed E-state index contributed by atoms with van der Waals surface area (Å²) in [5, 5.41) is 1.37. The van der Waals surface area contributed by atoms with Gasteiger partial charge in [0.2, 0.25) is 0 Å². The lowest BCUT2D eigenvalue weighted by atomic mass is 10.2. The first kappa shape index (κ1) is 21.1. The number of rotatable bonds is 8. The van der Waals surface area contributed by atoms with Crippen LogP contribution in [0.4, 0.5) is 0 Å². The third-order valence-corrected chi connectivity index (χ3v) is 7.92. The molecule has 0 atom stereocenters. The van der Waals surface area contributed by atoms with E-state index < -0.39 is 0 Å². The van der Waals surface area contributed by atoms with Crippen molar-refractivity contribution in [1.29, 1.82) is 0 Å². The maximum Gasteiger partial charge on any atom is 0.263 e. The molecule has 0 spiro atoms. The second-order valence-corrected chi connectivity index (χ2v) is 9.81. The van der Waals surface area contributed by atoms with Gasteiger partial charge in [-0.3, -0.25) is 14.2 Å². The van der Waals surface area contributed by atoms with Gasteiger partial charge in [-0.15, -0.1) is 17.9 Å². The van der Waals surface area contributed by atoms with Gasteiger partial charge >= 0.3 is 0 Å². The first-order valence-corrected chi connectivity index (χ1v) is 12.2. The Hall–Kier alpha value is -2.12. The van der Waals surface area contributed by atoms with Crippen LogP contribution in [0, 0.1) is 13.8 Å². The van der Waals surface area contributed by atoms with E-state index in [4.69, 9.17) is 4.98 Å². The first-order chi connectivity index (χ1) is 14.5. The van der Waals surface area contributed by atoms with Crippen LogP contribution in [0.5, 0.6) is 0 Å². The Morgan fingerprint density at radius 3 is 2.87 bits per heavy atom. The van der Waals surface area contributed by atoms with E-state index in [-0.39, 0.29) is 17.1 Å². The van der Waals surface area contributed by atoms with Crippen molar-refractivity contribution in [3.63, 3.8) is 0 Å². The maximum absolute atomic E-state index is 13.2. The van der Waals surface area contributed by atoms with Crippen LogP contribution in [-0.4, -0.2) is 25.7 Å². The summed E-state index contributed by atoms with van der Waals surface area (Å²) in [5.41, 5.74) is 4.07. The normalized spacial score (nSPS) is 13.2. The minimum Gasteiger partial charge on any atom is -0.348 e. The van der Waals surface area contributed by atoms with Gasteiger partial charge in [-0.25, -0.2) is 4.98 Å². The van der Waals surface area contributed by atoms with E-state index in [2.05, 4.69) is 18.1 Å². The number of ketones is 1. The standard InChI is InChI=1S/C23H27N3O2S2/c1-5-10-25-14(3)12-17(15(25)4)18(27)13-29-23-24-21-20(22(28)26(23)11-6-2)16-8-7-9-19(16)30-21/h6,12H,2,5,7-11,13H2,1,3-4H3. The van der Waals surface area contributed by atoms with Gasteiger partial charge in [0.05, 0.1) is 11.1 Å². The van der Waals surface area contributed by atoms with Crippen LogP contribution in [0.1, 0.15) is 52.0 Å². The SMILES string of the molecule is C=CCn1c(SCC(=O)c2cc(C)n(CCC)c2C)nc2sc3c(c2c1=O)CCC3. The monoisotopic (exact) mass is 441 g/mol. The predicted molar refractivity (Wildman–Crippen MR) is 125 cm³/mol. The van der Waals surface area contributed by atoms with Crippen LogP contribution < -0.4 is 5.56 Å². The number of aromatic nitrogens is 3. The van der Waals surface area contributed by atoms with E-state index in [0.717, 1.165) is 59.4 Å². The molecule has 3 aromatic heterocycles. The molecule has 0 saturated carbocycles. The fourth-order valence-corrected chi connectivity index (χ4v) is 6.51. The summed E-state index contributed by atoms with van der Waals surface area (Å²) < 4.78 is 3.86. The van der Waals surface area contributed by atoms with Gasteiger partial charge in [-0.1, -0.05) is 24.8 Å². The second kappa shape index (κ2) is 8.55. The number of hydrogen-bond acceptors (Lipinski definition) is 5. The van der Waals surface area contributed by atoms with Crippen LogP contribution in [0.25, 0.3) is 10.2 Å². The van der Waals surface area contributed by atoms with Crippen molar-refractivity contribution in [3.05, 3.63) is 56.5 Å². The molecule has 0 saturated heterocycles. The van der Waals surface area contributed by atoms with E-state index in [1.165, 1.54) is 22.2 Å². The number of aryl methyl sites for hydroxylation is 3. The Bertz CT molecular complexity index is 1200. The Morgan fingerprint density at radius 2 is 2.13 bits per heavy atom. The molecule has 3 aromatic rings. The molecule has 30 heavy (non-hydrogen) atoms. The number of fused-ring (bicyclic) bond motifs is 3. The molecule has 1 aliphatic carbocycles. The molecule has 0 aliphatic heterocycles. The summed E-state index contributed by atoms with van der Waals surface area (Å²) in [6.45, 7) is 11.3. The number of hydrogen-bond donors (Lipinski definition) is 0. The largest absolute Gasteiger partial charge is 0.348 e. The molecule has 0 N–H and O–H groups in total. The fraction of sp³-hybridized carbons (Fsp3) is 0.435. The van der Waals surface area contributed by atoms with Crippen molar-refractivity contribution < 1.29 is 4.79 Å². The van der Waals surface area contributed by atoms with Crippen molar-refractivity contribution in [2.24, 2.45) is 0 Å². The quantitative estimate of drug-likeness (QED) is 0.215. The lowest BCUT2D eigenvalue weighted by Gasteiger charge is -2.10. The van der Waals surface area contributed by atoms with Gasteiger partial charge in [-0.05, 0) is 51.2 Å². The van der Waals surface area contributed by atoms with Crippen molar-refractivity contribution >= 4 is 39.1 Å². The summed E-state index contributed by atoms with van der Waals surface area (Å²) in [6.07, 6.45) is 5.84. The number of Topliss-reactive ketones (excluding diaryl/α,β-unsaturated/α-hetero) is 1. The van der Waals surface area contributed by atoms with Gasteiger partial charge in [0.25, 0.3) is 5.56 Å². The maximum atomic E-state index is 13.2. The van der Waals surface area contributed by atoms with Crippen LogP contribution in [0.2, 0.25) is 0 Å². The molecular weight excluding hydrogens is 414 g/mol. The summed E-state index contributed by atoms with van der Waals surface area (Å²) in [5.74, 6) is 0.333. The molecule has 0 aromatic carbocycles. The molecule has 0 radical (unpaired) electrons. The highest BCUT2D eigenvalue weighted by Crippen LogP contribution is 2.35. The summed E-state index contributed by atoms with van der Waals surface area (Å²) >= 11 is 2.98. The van der Waals surface area contributed by atoms with E-state index >= 15 is 0 Å².